The Kier molecular flexibility index (Phi) is 5.33. The molecule has 0 bridgehead atoms. The molecule has 5 nitrogen and oxygen atoms in total. The van der Waals surface area contributed by atoms with Crippen molar-refractivity contribution in [2.75, 3.05) is 13.2 Å². The number of nitrogens with one attached hydrogen (secondary N) is 1. The summed E-state index contributed by atoms with van der Waals surface area (Å²) in [6.45, 7) is 3.02. The molecule has 3 unspecified atom stereocenters. The molecule has 2 aliphatic rings. The molecule has 1 aromatic rings. The molecular weight excluding hydrogens is 312 g/mol. The SMILES string of the molecule is CC1CCCCC1NC(=O)C1COCC(=O)N1Cc1cccs1. The Morgan fingerprint density at radius 1 is 1.43 bits per heavy atom. The molecule has 0 aromatic carbocycles. The second-order valence-electron chi connectivity index (χ2n) is 6.51. The summed E-state index contributed by atoms with van der Waals surface area (Å²) in [6, 6.07) is 3.65. The van der Waals surface area contributed by atoms with Crippen LogP contribution in [0.5, 0.6) is 0 Å². The van der Waals surface area contributed by atoms with E-state index in [1.54, 1.807) is 16.2 Å². The molecule has 1 aliphatic heterocycles. The fraction of sp³-hybridized carbons (Fsp3) is 0.647. The van der Waals surface area contributed by atoms with E-state index in [1.165, 1.54) is 6.42 Å². The lowest BCUT2D eigenvalue weighted by Gasteiger charge is -2.36. The van der Waals surface area contributed by atoms with E-state index in [0.717, 1.165) is 24.1 Å². The molecular formula is C17H24N2O3S. The van der Waals surface area contributed by atoms with Crippen LogP contribution in [0, 0.1) is 5.92 Å². The van der Waals surface area contributed by atoms with Gasteiger partial charge in [0.15, 0.2) is 0 Å². The van der Waals surface area contributed by atoms with E-state index in [0.29, 0.717) is 12.5 Å². The highest BCUT2D eigenvalue weighted by molar-refractivity contribution is 7.09. The molecule has 1 saturated carbocycles. The Morgan fingerprint density at radius 3 is 3.00 bits per heavy atom. The number of nitrogens with zero attached hydrogens (tertiary/aromatic N) is 1. The van der Waals surface area contributed by atoms with E-state index in [9.17, 15) is 9.59 Å². The minimum atomic E-state index is -0.521. The van der Waals surface area contributed by atoms with Crippen LogP contribution in [0.3, 0.4) is 0 Å². The highest BCUT2D eigenvalue weighted by Crippen LogP contribution is 2.24. The van der Waals surface area contributed by atoms with Crippen molar-refractivity contribution in [2.24, 2.45) is 5.92 Å². The van der Waals surface area contributed by atoms with Crippen LogP contribution >= 0.6 is 11.3 Å². The van der Waals surface area contributed by atoms with Gasteiger partial charge in [0, 0.05) is 10.9 Å². The standard InChI is InChI=1S/C17H24N2O3S/c1-12-5-2-3-7-14(12)18-17(21)15-10-22-11-16(20)19(15)9-13-6-4-8-23-13/h4,6,8,12,14-15H,2-3,5,7,9-11H2,1H3,(H,18,21). The van der Waals surface area contributed by atoms with Crippen LogP contribution in [-0.2, 0) is 20.9 Å². The number of thiophene rings is 1. The first-order chi connectivity index (χ1) is 11.1. The number of ether oxygens (including phenoxy) is 1. The summed E-state index contributed by atoms with van der Waals surface area (Å²) >= 11 is 1.60. The summed E-state index contributed by atoms with van der Waals surface area (Å²) < 4.78 is 5.33. The van der Waals surface area contributed by atoms with E-state index >= 15 is 0 Å². The van der Waals surface area contributed by atoms with Gasteiger partial charge in [0.1, 0.15) is 12.6 Å². The lowest BCUT2D eigenvalue weighted by Crippen LogP contribution is -2.58. The van der Waals surface area contributed by atoms with Gasteiger partial charge in [0.2, 0.25) is 11.8 Å². The van der Waals surface area contributed by atoms with Crippen LogP contribution in [0.15, 0.2) is 17.5 Å². The Bertz CT molecular complexity index is 546. The van der Waals surface area contributed by atoms with Gasteiger partial charge >= 0.3 is 0 Å². The van der Waals surface area contributed by atoms with Crippen LogP contribution in [0.4, 0.5) is 0 Å². The molecule has 6 heteroatoms. The summed E-state index contributed by atoms with van der Waals surface area (Å²) in [5.74, 6) is 0.313. The van der Waals surface area contributed by atoms with Crippen LogP contribution in [0.2, 0.25) is 0 Å². The zero-order chi connectivity index (χ0) is 16.2. The second-order valence-corrected chi connectivity index (χ2v) is 7.54. The zero-order valence-corrected chi connectivity index (χ0v) is 14.3. The Balaban J connectivity index is 1.67. The first-order valence-electron chi connectivity index (χ1n) is 8.35. The molecule has 1 aliphatic carbocycles. The predicted molar refractivity (Wildman–Crippen MR) is 89.0 cm³/mol. The number of morpholine rings is 1. The summed E-state index contributed by atoms with van der Waals surface area (Å²) in [5.41, 5.74) is 0. The number of hydrogen-bond donors (Lipinski definition) is 1. The van der Waals surface area contributed by atoms with Gasteiger partial charge in [-0.2, -0.15) is 0 Å². The van der Waals surface area contributed by atoms with Crippen molar-refractivity contribution in [2.45, 2.75) is 51.2 Å². The van der Waals surface area contributed by atoms with Crippen molar-refractivity contribution in [1.29, 1.82) is 0 Å². The van der Waals surface area contributed by atoms with Crippen molar-refractivity contribution in [3.63, 3.8) is 0 Å². The fourth-order valence-electron chi connectivity index (χ4n) is 3.40. The lowest BCUT2D eigenvalue weighted by molar-refractivity contribution is -0.156. The summed E-state index contributed by atoms with van der Waals surface area (Å²) in [5, 5.41) is 5.14. The van der Waals surface area contributed by atoms with Crippen molar-refractivity contribution >= 4 is 23.2 Å². The van der Waals surface area contributed by atoms with Gasteiger partial charge in [-0.25, -0.2) is 0 Å². The van der Waals surface area contributed by atoms with Crippen molar-refractivity contribution < 1.29 is 14.3 Å². The molecule has 1 aromatic heterocycles. The maximum atomic E-state index is 12.7. The average Bonchev–Trinajstić information content (AvgIpc) is 3.04. The average molecular weight is 336 g/mol. The van der Waals surface area contributed by atoms with E-state index in [2.05, 4.69) is 12.2 Å². The summed E-state index contributed by atoms with van der Waals surface area (Å²) in [6.07, 6.45) is 4.58. The van der Waals surface area contributed by atoms with Crippen molar-refractivity contribution in [3.05, 3.63) is 22.4 Å². The maximum Gasteiger partial charge on any atom is 0.249 e. The molecule has 0 radical (unpaired) electrons. The molecule has 23 heavy (non-hydrogen) atoms. The number of hydrogen-bond acceptors (Lipinski definition) is 4. The van der Waals surface area contributed by atoms with Gasteiger partial charge in [0.25, 0.3) is 0 Å². The Hall–Kier alpha value is -1.40. The zero-order valence-electron chi connectivity index (χ0n) is 13.5. The first kappa shape index (κ1) is 16.5. The highest BCUT2D eigenvalue weighted by Gasteiger charge is 2.35. The molecule has 2 fully saturated rings. The van der Waals surface area contributed by atoms with Crippen LogP contribution in [-0.4, -0.2) is 42.0 Å². The fourth-order valence-corrected chi connectivity index (χ4v) is 4.10. The second kappa shape index (κ2) is 7.45. The summed E-state index contributed by atoms with van der Waals surface area (Å²) in [4.78, 5) is 27.7. The topological polar surface area (TPSA) is 58.6 Å². The number of rotatable bonds is 4. The van der Waals surface area contributed by atoms with Crippen molar-refractivity contribution in [3.8, 4) is 0 Å². The molecule has 3 atom stereocenters. The van der Waals surface area contributed by atoms with Gasteiger partial charge in [-0.1, -0.05) is 25.8 Å². The molecule has 0 spiro atoms. The third kappa shape index (κ3) is 3.93. The molecule has 2 heterocycles. The third-order valence-electron chi connectivity index (χ3n) is 4.85. The van der Waals surface area contributed by atoms with Gasteiger partial charge in [-0.05, 0) is 30.2 Å². The Labute approximate surface area is 141 Å². The number of amides is 2. The Morgan fingerprint density at radius 2 is 2.26 bits per heavy atom. The van der Waals surface area contributed by atoms with E-state index in [1.807, 2.05) is 17.5 Å². The van der Waals surface area contributed by atoms with Gasteiger partial charge in [-0.15, -0.1) is 11.3 Å². The minimum absolute atomic E-state index is 0.0645. The van der Waals surface area contributed by atoms with Gasteiger partial charge in [0.05, 0.1) is 13.2 Å². The van der Waals surface area contributed by atoms with Crippen LogP contribution in [0.25, 0.3) is 0 Å². The highest BCUT2D eigenvalue weighted by atomic mass is 32.1. The summed E-state index contributed by atoms with van der Waals surface area (Å²) in [7, 11) is 0. The molecule has 3 rings (SSSR count). The van der Waals surface area contributed by atoms with E-state index in [4.69, 9.17) is 4.74 Å². The molecule has 1 N–H and O–H groups in total. The monoisotopic (exact) mass is 336 g/mol. The lowest BCUT2D eigenvalue weighted by atomic mass is 9.86. The van der Waals surface area contributed by atoms with E-state index in [-0.39, 0.29) is 31.1 Å². The molecule has 126 valence electrons. The van der Waals surface area contributed by atoms with Gasteiger partial charge < -0.3 is 15.0 Å². The van der Waals surface area contributed by atoms with Gasteiger partial charge in [-0.3, -0.25) is 9.59 Å². The van der Waals surface area contributed by atoms with E-state index < -0.39 is 6.04 Å². The van der Waals surface area contributed by atoms with Crippen molar-refractivity contribution in [1.82, 2.24) is 10.2 Å². The molecule has 1 saturated heterocycles. The smallest absolute Gasteiger partial charge is 0.249 e. The van der Waals surface area contributed by atoms with Crippen LogP contribution < -0.4 is 5.32 Å². The third-order valence-corrected chi connectivity index (χ3v) is 5.71. The molecule has 2 amide bonds. The minimum Gasteiger partial charge on any atom is -0.369 e. The predicted octanol–water partition coefficient (Wildman–Crippen LogP) is 2.17. The largest absolute Gasteiger partial charge is 0.369 e. The number of carbonyl (C=O) groups excluding carboxylic acids is 2. The first-order valence-corrected chi connectivity index (χ1v) is 9.23. The maximum absolute atomic E-state index is 12.7. The quantitative estimate of drug-likeness (QED) is 0.917. The normalized spacial score (nSPS) is 28.7. The number of carbonyl (C=O) groups is 2. The van der Waals surface area contributed by atoms with Crippen LogP contribution in [0.1, 0.15) is 37.5 Å².